The number of nitrogens with zero attached hydrogens (tertiary/aromatic N) is 3. The summed E-state index contributed by atoms with van der Waals surface area (Å²) in [7, 11) is 3.64. The van der Waals surface area contributed by atoms with Gasteiger partial charge in [0.05, 0.1) is 12.7 Å². The lowest BCUT2D eigenvalue weighted by molar-refractivity contribution is 0.0523. The minimum atomic E-state index is -1.18. The zero-order valence-corrected chi connectivity index (χ0v) is 14.6. The Bertz CT molecular complexity index is 878. The van der Waals surface area contributed by atoms with Gasteiger partial charge in [-0.05, 0) is 24.6 Å². The predicted octanol–water partition coefficient (Wildman–Crippen LogP) is 2.06. The summed E-state index contributed by atoms with van der Waals surface area (Å²) in [5.74, 6) is -0.228. The second-order valence-electron chi connectivity index (χ2n) is 6.39. The Morgan fingerprint density at radius 1 is 1.20 bits per heavy atom. The van der Waals surface area contributed by atoms with Crippen molar-refractivity contribution >= 4 is 5.91 Å². The molecule has 0 fully saturated rings. The molecule has 3 aromatic rings. The van der Waals surface area contributed by atoms with E-state index in [4.69, 9.17) is 0 Å². The molecule has 0 aliphatic carbocycles. The summed E-state index contributed by atoms with van der Waals surface area (Å²) in [4.78, 5) is 12.5. The number of aliphatic hydroxyl groups is 1. The summed E-state index contributed by atoms with van der Waals surface area (Å²) in [6.45, 7) is 1.76. The van der Waals surface area contributed by atoms with E-state index in [1.165, 1.54) is 0 Å². The van der Waals surface area contributed by atoms with E-state index in [1.54, 1.807) is 37.1 Å². The third-order valence-corrected chi connectivity index (χ3v) is 4.34. The SMILES string of the molecule is Cn1cc(C(C)(O)CNC(=O)c2ccc(-c3ccccc3)n2C)cn1. The predicted molar refractivity (Wildman–Crippen MR) is 96.0 cm³/mol. The number of aryl methyl sites for hydroxylation is 1. The van der Waals surface area contributed by atoms with E-state index in [-0.39, 0.29) is 12.5 Å². The van der Waals surface area contributed by atoms with Crippen molar-refractivity contribution in [2.45, 2.75) is 12.5 Å². The van der Waals surface area contributed by atoms with Crippen molar-refractivity contribution in [2.75, 3.05) is 6.54 Å². The van der Waals surface area contributed by atoms with Gasteiger partial charge in [0.2, 0.25) is 0 Å². The van der Waals surface area contributed by atoms with E-state index in [0.29, 0.717) is 11.3 Å². The highest BCUT2D eigenvalue weighted by Crippen LogP contribution is 2.22. The molecule has 0 aliphatic heterocycles. The number of carbonyl (C=O) groups is 1. The lowest BCUT2D eigenvalue weighted by Gasteiger charge is -2.22. The molecule has 0 radical (unpaired) electrons. The molecule has 1 unspecified atom stereocenters. The molecule has 1 amide bonds. The first-order valence-electron chi connectivity index (χ1n) is 8.09. The van der Waals surface area contributed by atoms with Crippen LogP contribution >= 0.6 is 0 Å². The van der Waals surface area contributed by atoms with Crippen LogP contribution in [0.4, 0.5) is 0 Å². The molecule has 1 aromatic carbocycles. The van der Waals surface area contributed by atoms with Crippen LogP contribution in [0.3, 0.4) is 0 Å². The first-order chi connectivity index (χ1) is 11.9. The molecule has 25 heavy (non-hydrogen) atoms. The standard InChI is InChI=1S/C19H22N4O2/c1-19(25,15-11-21-22(2)12-15)13-20-18(24)17-10-9-16(23(17)3)14-7-5-4-6-8-14/h4-12,25H,13H2,1-3H3,(H,20,24). The molecule has 6 heteroatoms. The average Bonchev–Trinajstić information content (AvgIpc) is 3.20. The summed E-state index contributed by atoms with van der Waals surface area (Å²) in [6, 6.07) is 13.6. The number of nitrogens with one attached hydrogen (secondary N) is 1. The second kappa shape index (κ2) is 6.57. The lowest BCUT2D eigenvalue weighted by atomic mass is 10.00. The van der Waals surface area contributed by atoms with Crippen molar-refractivity contribution in [3.05, 3.63) is 66.1 Å². The molecular formula is C19H22N4O2. The monoisotopic (exact) mass is 338 g/mol. The van der Waals surface area contributed by atoms with Crippen molar-refractivity contribution in [1.82, 2.24) is 19.7 Å². The normalized spacial score (nSPS) is 13.4. The van der Waals surface area contributed by atoms with Gasteiger partial charge in [0, 0.05) is 31.5 Å². The Balaban J connectivity index is 1.73. The summed E-state index contributed by atoms with van der Waals surface area (Å²) in [6.07, 6.45) is 3.34. The van der Waals surface area contributed by atoms with Gasteiger partial charge in [0.15, 0.2) is 0 Å². The van der Waals surface area contributed by atoms with Crippen molar-refractivity contribution in [3.63, 3.8) is 0 Å². The second-order valence-corrected chi connectivity index (χ2v) is 6.39. The Hall–Kier alpha value is -2.86. The molecule has 0 saturated heterocycles. The highest BCUT2D eigenvalue weighted by Gasteiger charge is 2.26. The quantitative estimate of drug-likeness (QED) is 0.748. The van der Waals surface area contributed by atoms with E-state index in [0.717, 1.165) is 11.3 Å². The van der Waals surface area contributed by atoms with Gasteiger partial charge in [-0.1, -0.05) is 30.3 Å². The summed E-state index contributed by atoms with van der Waals surface area (Å²) in [5, 5.41) is 17.4. The molecule has 6 nitrogen and oxygen atoms in total. The summed E-state index contributed by atoms with van der Waals surface area (Å²) < 4.78 is 3.47. The highest BCUT2D eigenvalue weighted by molar-refractivity contribution is 5.93. The lowest BCUT2D eigenvalue weighted by Crippen LogP contribution is -2.39. The van der Waals surface area contributed by atoms with Crippen LogP contribution in [0.15, 0.2) is 54.9 Å². The minimum Gasteiger partial charge on any atom is -0.383 e. The topological polar surface area (TPSA) is 72.1 Å². The number of benzene rings is 1. The highest BCUT2D eigenvalue weighted by atomic mass is 16.3. The fourth-order valence-electron chi connectivity index (χ4n) is 2.78. The van der Waals surface area contributed by atoms with E-state index < -0.39 is 5.60 Å². The molecule has 130 valence electrons. The minimum absolute atomic E-state index is 0.101. The molecule has 0 saturated carbocycles. The molecule has 2 N–H and O–H groups in total. The summed E-state index contributed by atoms with van der Waals surface area (Å²) >= 11 is 0. The largest absolute Gasteiger partial charge is 0.383 e. The van der Waals surface area contributed by atoms with Crippen LogP contribution in [0.25, 0.3) is 11.3 Å². The fraction of sp³-hybridized carbons (Fsp3) is 0.263. The van der Waals surface area contributed by atoms with Crippen molar-refractivity contribution < 1.29 is 9.90 Å². The van der Waals surface area contributed by atoms with Crippen LogP contribution in [0, 0.1) is 0 Å². The molecule has 0 aliphatic rings. The van der Waals surface area contributed by atoms with E-state index in [1.807, 2.05) is 48.0 Å². The Morgan fingerprint density at radius 3 is 2.56 bits per heavy atom. The number of carbonyl (C=O) groups excluding carboxylic acids is 1. The number of hydrogen-bond acceptors (Lipinski definition) is 3. The number of aromatic nitrogens is 3. The maximum absolute atomic E-state index is 12.5. The number of amides is 1. The smallest absolute Gasteiger partial charge is 0.268 e. The molecule has 2 heterocycles. The average molecular weight is 338 g/mol. The van der Waals surface area contributed by atoms with Crippen LogP contribution in [-0.2, 0) is 19.7 Å². The zero-order chi connectivity index (χ0) is 18.0. The molecular weight excluding hydrogens is 316 g/mol. The Morgan fingerprint density at radius 2 is 1.92 bits per heavy atom. The number of hydrogen-bond donors (Lipinski definition) is 2. The van der Waals surface area contributed by atoms with E-state index in [9.17, 15) is 9.90 Å². The van der Waals surface area contributed by atoms with E-state index in [2.05, 4.69) is 10.4 Å². The Labute approximate surface area is 146 Å². The van der Waals surface area contributed by atoms with Gasteiger partial charge in [0.1, 0.15) is 11.3 Å². The summed E-state index contributed by atoms with van der Waals surface area (Å²) in [5.41, 5.74) is 2.03. The first kappa shape index (κ1) is 17.0. The van der Waals surface area contributed by atoms with Crippen LogP contribution in [0.5, 0.6) is 0 Å². The van der Waals surface area contributed by atoms with Crippen LogP contribution in [0.2, 0.25) is 0 Å². The van der Waals surface area contributed by atoms with Crippen LogP contribution in [0.1, 0.15) is 23.0 Å². The zero-order valence-electron chi connectivity index (χ0n) is 14.6. The molecule has 0 bridgehead atoms. The van der Waals surface area contributed by atoms with E-state index >= 15 is 0 Å². The fourth-order valence-corrected chi connectivity index (χ4v) is 2.78. The maximum Gasteiger partial charge on any atom is 0.268 e. The first-order valence-corrected chi connectivity index (χ1v) is 8.09. The van der Waals surface area contributed by atoms with Crippen molar-refractivity contribution in [3.8, 4) is 11.3 Å². The molecule has 0 spiro atoms. The van der Waals surface area contributed by atoms with Crippen LogP contribution in [-0.4, -0.2) is 31.9 Å². The van der Waals surface area contributed by atoms with Gasteiger partial charge >= 0.3 is 0 Å². The molecule has 2 aromatic heterocycles. The van der Waals surface area contributed by atoms with Gasteiger partial charge in [-0.2, -0.15) is 5.10 Å². The van der Waals surface area contributed by atoms with Crippen LogP contribution < -0.4 is 5.32 Å². The molecule has 3 rings (SSSR count). The third kappa shape index (κ3) is 3.49. The van der Waals surface area contributed by atoms with Gasteiger partial charge < -0.3 is 15.0 Å². The van der Waals surface area contributed by atoms with Gasteiger partial charge in [-0.25, -0.2) is 0 Å². The number of rotatable bonds is 5. The van der Waals surface area contributed by atoms with Gasteiger partial charge in [-0.15, -0.1) is 0 Å². The van der Waals surface area contributed by atoms with Crippen molar-refractivity contribution in [2.24, 2.45) is 14.1 Å². The Kier molecular flexibility index (Phi) is 4.46. The van der Waals surface area contributed by atoms with Crippen molar-refractivity contribution in [1.29, 1.82) is 0 Å². The van der Waals surface area contributed by atoms with Gasteiger partial charge in [0.25, 0.3) is 5.91 Å². The molecule has 1 atom stereocenters. The third-order valence-electron chi connectivity index (χ3n) is 4.34. The van der Waals surface area contributed by atoms with Gasteiger partial charge in [-0.3, -0.25) is 9.48 Å². The maximum atomic E-state index is 12.5.